The van der Waals surface area contributed by atoms with Crippen molar-refractivity contribution in [3.05, 3.63) is 59.7 Å². The van der Waals surface area contributed by atoms with Gasteiger partial charge in [-0.2, -0.15) is 0 Å². The fourth-order valence-electron chi connectivity index (χ4n) is 2.02. The summed E-state index contributed by atoms with van der Waals surface area (Å²) in [6.07, 6.45) is 0. The number of primary amides is 1. The van der Waals surface area contributed by atoms with Crippen LogP contribution in [-0.2, 0) is 0 Å². The smallest absolute Gasteiger partial charge is 0.316 e. The summed E-state index contributed by atoms with van der Waals surface area (Å²) in [5.41, 5.74) is 9.18. The molecule has 0 radical (unpaired) electrons. The van der Waals surface area contributed by atoms with Crippen LogP contribution in [0.15, 0.2) is 48.5 Å². The molecule has 0 aliphatic carbocycles. The van der Waals surface area contributed by atoms with E-state index in [1.165, 1.54) is 11.1 Å². The maximum atomic E-state index is 10.8. The van der Waals surface area contributed by atoms with Crippen LogP contribution in [0.1, 0.15) is 24.1 Å². The molecule has 1 unspecified atom stereocenters. The van der Waals surface area contributed by atoms with Gasteiger partial charge in [-0.25, -0.2) is 4.79 Å². The molecule has 2 aromatic rings. The number of rotatable bonds is 4. The lowest BCUT2D eigenvalue weighted by Gasteiger charge is -2.16. The topological polar surface area (TPSA) is 67.2 Å². The van der Waals surface area contributed by atoms with Gasteiger partial charge in [-0.15, -0.1) is 0 Å². The first-order valence-corrected chi connectivity index (χ1v) is 6.54. The molecule has 104 valence electrons. The van der Waals surface area contributed by atoms with E-state index in [0.29, 0.717) is 5.69 Å². The van der Waals surface area contributed by atoms with Gasteiger partial charge in [0.1, 0.15) is 0 Å². The molecule has 0 fully saturated rings. The highest BCUT2D eigenvalue weighted by atomic mass is 16.2. The molecule has 0 aromatic heterocycles. The van der Waals surface area contributed by atoms with Crippen LogP contribution in [0.2, 0.25) is 0 Å². The summed E-state index contributed by atoms with van der Waals surface area (Å²) in [5.74, 6) is 0. The number of aryl methyl sites for hydroxylation is 1. The van der Waals surface area contributed by atoms with Gasteiger partial charge in [0.2, 0.25) is 0 Å². The molecule has 0 heterocycles. The van der Waals surface area contributed by atoms with E-state index >= 15 is 0 Å². The fraction of sp³-hybridized carbons (Fsp3) is 0.188. The second-order valence-electron chi connectivity index (χ2n) is 4.85. The Bertz CT molecular complexity index is 593. The van der Waals surface area contributed by atoms with Crippen LogP contribution in [-0.4, -0.2) is 6.03 Å². The molecule has 0 saturated heterocycles. The lowest BCUT2D eigenvalue weighted by atomic mass is 10.1. The molecular weight excluding hydrogens is 250 g/mol. The van der Waals surface area contributed by atoms with Crippen LogP contribution in [0.3, 0.4) is 0 Å². The zero-order valence-corrected chi connectivity index (χ0v) is 11.7. The van der Waals surface area contributed by atoms with Crippen molar-refractivity contribution in [1.82, 2.24) is 0 Å². The van der Waals surface area contributed by atoms with Gasteiger partial charge in [0.05, 0.1) is 0 Å². The molecule has 2 amide bonds. The van der Waals surface area contributed by atoms with Crippen molar-refractivity contribution in [3.8, 4) is 0 Å². The summed E-state index contributed by atoms with van der Waals surface area (Å²) in [6.45, 7) is 4.17. The zero-order valence-electron chi connectivity index (χ0n) is 11.7. The monoisotopic (exact) mass is 269 g/mol. The van der Waals surface area contributed by atoms with Gasteiger partial charge in [0.25, 0.3) is 0 Å². The quantitative estimate of drug-likeness (QED) is 0.793. The van der Waals surface area contributed by atoms with Gasteiger partial charge in [-0.1, -0.05) is 35.9 Å². The summed E-state index contributed by atoms with van der Waals surface area (Å²) in [6, 6.07) is 15.5. The number of carbonyl (C=O) groups excluding carboxylic acids is 1. The maximum absolute atomic E-state index is 10.8. The van der Waals surface area contributed by atoms with E-state index in [9.17, 15) is 4.79 Å². The summed E-state index contributed by atoms with van der Waals surface area (Å²) >= 11 is 0. The molecule has 2 rings (SSSR count). The third-order valence-corrected chi connectivity index (χ3v) is 3.09. The third-order valence-electron chi connectivity index (χ3n) is 3.09. The number of hydrogen-bond donors (Lipinski definition) is 3. The molecular formula is C16H19N3O. The van der Waals surface area contributed by atoms with Crippen molar-refractivity contribution in [3.63, 3.8) is 0 Å². The lowest BCUT2D eigenvalue weighted by Crippen LogP contribution is -2.19. The minimum atomic E-state index is -0.561. The van der Waals surface area contributed by atoms with Crippen LogP contribution in [0.25, 0.3) is 0 Å². The van der Waals surface area contributed by atoms with Crippen molar-refractivity contribution in [2.75, 3.05) is 10.6 Å². The summed E-state index contributed by atoms with van der Waals surface area (Å²) in [4.78, 5) is 10.8. The van der Waals surface area contributed by atoms with Gasteiger partial charge in [0, 0.05) is 17.4 Å². The molecule has 0 spiro atoms. The van der Waals surface area contributed by atoms with Crippen molar-refractivity contribution in [2.45, 2.75) is 19.9 Å². The van der Waals surface area contributed by atoms with Gasteiger partial charge >= 0.3 is 6.03 Å². The van der Waals surface area contributed by atoms with Gasteiger partial charge < -0.3 is 16.4 Å². The Hall–Kier alpha value is -2.49. The predicted molar refractivity (Wildman–Crippen MR) is 82.9 cm³/mol. The number of benzene rings is 2. The number of nitrogens with one attached hydrogen (secondary N) is 2. The van der Waals surface area contributed by atoms with Crippen molar-refractivity contribution < 1.29 is 4.79 Å². The van der Waals surface area contributed by atoms with Crippen molar-refractivity contribution >= 4 is 17.4 Å². The number of urea groups is 1. The third kappa shape index (κ3) is 3.75. The second kappa shape index (κ2) is 6.10. The van der Waals surface area contributed by atoms with E-state index in [1.807, 2.05) is 18.2 Å². The van der Waals surface area contributed by atoms with Crippen LogP contribution in [0, 0.1) is 6.92 Å². The highest BCUT2D eigenvalue weighted by Gasteiger charge is 2.05. The molecule has 20 heavy (non-hydrogen) atoms. The average molecular weight is 269 g/mol. The minimum absolute atomic E-state index is 0.180. The van der Waals surface area contributed by atoms with Crippen molar-refractivity contribution in [2.24, 2.45) is 5.73 Å². The fourth-order valence-corrected chi connectivity index (χ4v) is 2.02. The summed E-state index contributed by atoms with van der Waals surface area (Å²) in [5, 5.41) is 5.96. The Kier molecular flexibility index (Phi) is 4.25. The lowest BCUT2D eigenvalue weighted by molar-refractivity contribution is 0.259. The second-order valence-corrected chi connectivity index (χ2v) is 4.85. The van der Waals surface area contributed by atoms with E-state index in [4.69, 9.17) is 5.73 Å². The van der Waals surface area contributed by atoms with Gasteiger partial charge in [-0.3, -0.25) is 0 Å². The molecule has 4 nitrogen and oxygen atoms in total. The number of anilines is 2. The Morgan fingerprint density at radius 2 is 1.75 bits per heavy atom. The van der Waals surface area contributed by atoms with Gasteiger partial charge in [0.15, 0.2) is 0 Å². The predicted octanol–water partition coefficient (Wildman–Crippen LogP) is 3.66. The Balaban J connectivity index is 2.09. The van der Waals surface area contributed by atoms with Gasteiger partial charge in [-0.05, 0) is 37.6 Å². The standard InChI is InChI=1S/C16H19N3O/c1-11-6-8-13(9-7-11)12(2)18-14-4-3-5-15(10-14)19-16(17)20/h3-10,12,18H,1-2H3,(H3,17,19,20). The highest BCUT2D eigenvalue weighted by molar-refractivity contribution is 5.88. The van der Waals surface area contributed by atoms with Crippen LogP contribution in [0.4, 0.5) is 16.2 Å². The first kappa shape index (κ1) is 13.9. The number of nitrogens with two attached hydrogens (primary N) is 1. The Morgan fingerprint density at radius 3 is 2.40 bits per heavy atom. The molecule has 1 atom stereocenters. The Labute approximate surface area is 119 Å². The summed E-state index contributed by atoms with van der Waals surface area (Å²) < 4.78 is 0. The van der Waals surface area contributed by atoms with E-state index in [2.05, 4.69) is 48.7 Å². The number of carbonyl (C=O) groups is 1. The number of hydrogen-bond acceptors (Lipinski definition) is 2. The molecule has 0 saturated carbocycles. The zero-order chi connectivity index (χ0) is 14.5. The van der Waals surface area contributed by atoms with E-state index in [-0.39, 0.29) is 6.04 Å². The molecule has 0 aliphatic heterocycles. The Morgan fingerprint density at radius 1 is 1.10 bits per heavy atom. The van der Waals surface area contributed by atoms with E-state index < -0.39 is 6.03 Å². The molecule has 4 heteroatoms. The number of amides is 2. The minimum Gasteiger partial charge on any atom is -0.378 e. The van der Waals surface area contributed by atoms with Crippen LogP contribution < -0.4 is 16.4 Å². The largest absolute Gasteiger partial charge is 0.378 e. The average Bonchev–Trinajstić information content (AvgIpc) is 2.39. The molecule has 2 aromatic carbocycles. The highest BCUT2D eigenvalue weighted by Crippen LogP contribution is 2.22. The molecule has 0 bridgehead atoms. The first-order valence-electron chi connectivity index (χ1n) is 6.54. The van der Waals surface area contributed by atoms with Crippen molar-refractivity contribution in [1.29, 1.82) is 0 Å². The first-order chi connectivity index (χ1) is 9.54. The SMILES string of the molecule is Cc1ccc(C(C)Nc2cccc(NC(N)=O)c2)cc1. The van der Waals surface area contributed by atoms with E-state index in [1.54, 1.807) is 6.07 Å². The van der Waals surface area contributed by atoms with Crippen LogP contribution in [0.5, 0.6) is 0 Å². The molecule has 4 N–H and O–H groups in total. The van der Waals surface area contributed by atoms with E-state index in [0.717, 1.165) is 5.69 Å². The van der Waals surface area contributed by atoms with Crippen LogP contribution >= 0.6 is 0 Å². The molecule has 0 aliphatic rings. The summed E-state index contributed by atoms with van der Waals surface area (Å²) in [7, 11) is 0. The maximum Gasteiger partial charge on any atom is 0.316 e. The normalized spacial score (nSPS) is 11.7.